The van der Waals surface area contributed by atoms with Gasteiger partial charge >= 0.3 is 5.97 Å². The smallest absolute Gasteiger partial charge is 0.354 e. The van der Waals surface area contributed by atoms with Gasteiger partial charge in [-0.2, -0.15) is 0 Å². The third-order valence-electron chi connectivity index (χ3n) is 2.78. The van der Waals surface area contributed by atoms with Crippen molar-refractivity contribution in [3.63, 3.8) is 0 Å². The summed E-state index contributed by atoms with van der Waals surface area (Å²) in [5.41, 5.74) is 2.38. The molecule has 0 atom stereocenters. The summed E-state index contributed by atoms with van der Waals surface area (Å²) >= 11 is 0. The van der Waals surface area contributed by atoms with E-state index in [4.69, 9.17) is 5.11 Å². The van der Waals surface area contributed by atoms with E-state index in [9.17, 15) is 4.79 Å². The molecule has 0 aromatic carbocycles. The van der Waals surface area contributed by atoms with Gasteiger partial charge in [-0.15, -0.1) is 0 Å². The van der Waals surface area contributed by atoms with E-state index < -0.39 is 5.97 Å². The first-order valence-corrected chi connectivity index (χ1v) is 5.03. The zero-order valence-corrected chi connectivity index (χ0v) is 8.90. The Morgan fingerprint density at radius 1 is 1.47 bits per heavy atom. The zero-order chi connectivity index (χ0) is 11.0. The molecule has 1 aromatic rings. The third kappa shape index (κ3) is 1.85. The van der Waals surface area contributed by atoms with Crippen molar-refractivity contribution < 1.29 is 9.90 Å². The van der Waals surface area contributed by atoms with Crippen LogP contribution in [0.5, 0.6) is 0 Å². The minimum absolute atomic E-state index is 0.138. The van der Waals surface area contributed by atoms with Crippen molar-refractivity contribution in [2.24, 2.45) is 0 Å². The molecule has 0 radical (unpaired) electrons. The zero-order valence-electron chi connectivity index (χ0n) is 8.90. The molecule has 4 heteroatoms. The quantitative estimate of drug-likeness (QED) is 0.796. The Morgan fingerprint density at radius 3 is 2.73 bits per heavy atom. The monoisotopic (exact) mass is 206 g/mol. The van der Waals surface area contributed by atoms with Gasteiger partial charge < -0.3 is 5.11 Å². The number of fused-ring (bicyclic) bond motifs is 1. The fourth-order valence-corrected chi connectivity index (χ4v) is 1.79. The van der Waals surface area contributed by atoms with E-state index >= 15 is 0 Å². The Morgan fingerprint density at radius 2 is 2.13 bits per heavy atom. The molecule has 0 saturated carbocycles. The number of aromatic carboxylic acids is 1. The second-order valence-electron chi connectivity index (χ2n) is 4.14. The molecular weight excluding hydrogens is 192 g/mol. The summed E-state index contributed by atoms with van der Waals surface area (Å²) in [4.78, 5) is 16.9. The van der Waals surface area contributed by atoms with Gasteiger partial charge in [0.2, 0.25) is 0 Å². The Kier molecular flexibility index (Phi) is 2.44. The fourth-order valence-electron chi connectivity index (χ4n) is 1.79. The lowest BCUT2D eigenvalue weighted by atomic mass is 10.1. The number of pyridine rings is 1. The lowest BCUT2D eigenvalue weighted by molar-refractivity contribution is 0.0690. The minimum Gasteiger partial charge on any atom is -0.477 e. The van der Waals surface area contributed by atoms with Gasteiger partial charge in [0.15, 0.2) is 0 Å². The van der Waals surface area contributed by atoms with Crippen LogP contribution in [0.4, 0.5) is 0 Å². The molecule has 1 N–H and O–H groups in total. The number of carbonyl (C=O) groups is 1. The van der Waals surface area contributed by atoms with Gasteiger partial charge in [0.1, 0.15) is 5.69 Å². The van der Waals surface area contributed by atoms with Gasteiger partial charge in [-0.3, -0.25) is 4.90 Å². The Hall–Kier alpha value is -1.42. The first-order valence-electron chi connectivity index (χ1n) is 5.03. The van der Waals surface area contributed by atoms with Crippen LogP contribution in [0.25, 0.3) is 0 Å². The normalized spacial score (nSPS) is 15.7. The van der Waals surface area contributed by atoms with Gasteiger partial charge in [0, 0.05) is 25.3 Å². The number of nitrogens with zero attached hydrogens (tertiary/aromatic N) is 2. The summed E-state index contributed by atoms with van der Waals surface area (Å²) in [7, 11) is 0. The van der Waals surface area contributed by atoms with Crippen molar-refractivity contribution in [1.82, 2.24) is 9.88 Å². The van der Waals surface area contributed by atoms with Gasteiger partial charge in [0.05, 0.1) is 0 Å². The number of hydrogen-bond donors (Lipinski definition) is 1. The Labute approximate surface area is 88.6 Å². The molecule has 2 heterocycles. The highest BCUT2D eigenvalue weighted by atomic mass is 16.4. The van der Waals surface area contributed by atoms with Crippen LogP contribution >= 0.6 is 0 Å². The molecule has 0 fully saturated rings. The van der Waals surface area contributed by atoms with Crippen LogP contribution in [0.1, 0.15) is 35.5 Å². The van der Waals surface area contributed by atoms with Crippen molar-refractivity contribution in [2.75, 3.05) is 0 Å². The predicted octanol–water partition coefficient (Wildman–Crippen LogP) is 1.50. The standard InChI is InChI=1S/C11H14N2O2/c1-7(2)13-5-8-3-10(11(14)15)12-4-9(8)6-13/h3-4,7H,5-6H2,1-2H3,(H,14,15). The molecule has 0 amide bonds. The van der Waals surface area contributed by atoms with E-state index in [-0.39, 0.29) is 5.69 Å². The molecule has 1 aliphatic rings. The second kappa shape index (κ2) is 3.62. The topological polar surface area (TPSA) is 53.4 Å². The van der Waals surface area contributed by atoms with E-state index in [2.05, 4.69) is 23.7 Å². The summed E-state index contributed by atoms with van der Waals surface area (Å²) in [5, 5.41) is 8.82. The molecule has 0 bridgehead atoms. The molecule has 4 nitrogen and oxygen atoms in total. The third-order valence-corrected chi connectivity index (χ3v) is 2.78. The van der Waals surface area contributed by atoms with E-state index in [1.807, 2.05) is 0 Å². The highest BCUT2D eigenvalue weighted by Crippen LogP contribution is 2.24. The highest BCUT2D eigenvalue weighted by Gasteiger charge is 2.22. The van der Waals surface area contributed by atoms with Crippen molar-refractivity contribution in [2.45, 2.75) is 33.0 Å². The molecule has 0 unspecified atom stereocenters. The van der Waals surface area contributed by atoms with Gasteiger partial charge in [-0.05, 0) is 31.0 Å². The lowest BCUT2D eigenvalue weighted by Gasteiger charge is -2.18. The summed E-state index contributed by atoms with van der Waals surface area (Å²) < 4.78 is 0. The lowest BCUT2D eigenvalue weighted by Crippen LogP contribution is -2.24. The number of carboxylic acids is 1. The summed E-state index contributed by atoms with van der Waals surface area (Å²) in [6.45, 7) is 5.98. The highest BCUT2D eigenvalue weighted by molar-refractivity contribution is 5.85. The van der Waals surface area contributed by atoms with Crippen molar-refractivity contribution in [3.8, 4) is 0 Å². The van der Waals surface area contributed by atoms with Gasteiger partial charge in [-0.25, -0.2) is 9.78 Å². The van der Waals surface area contributed by atoms with Crippen LogP contribution in [0.3, 0.4) is 0 Å². The first-order chi connectivity index (χ1) is 7.08. The van der Waals surface area contributed by atoms with Crippen LogP contribution in [-0.2, 0) is 13.1 Å². The molecule has 0 saturated heterocycles. The van der Waals surface area contributed by atoms with E-state index in [0.29, 0.717) is 6.04 Å². The SMILES string of the molecule is CC(C)N1Cc2cnc(C(=O)O)cc2C1. The summed E-state index contributed by atoms with van der Waals surface area (Å²) in [5.74, 6) is -0.958. The van der Waals surface area contributed by atoms with Crippen molar-refractivity contribution in [3.05, 3.63) is 29.1 Å². The van der Waals surface area contributed by atoms with Crippen LogP contribution in [0.15, 0.2) is 12.3 Å². The molecule has 15 heavy (non-hydrogen) atoms. The molecule has 0 aliphatic carbocycles. The molecule has 0 spiro atoms. The molecule has 2 rings (SSSR count). The summed E-state index contributed by atoms with van der Waals surface area (Å²) in [6, 6.07) is 2.16. The molecular formula is C11H14N2O2. The maximum absolute atomic E-state index is 10.7. The van der Waals surface area contributed by atoms with Crippen LogP contribution in [0.2, 0.25) is 0 Å². The van der Waals surface area contributed by atoms with Gasteiger partial charge in [0.25, 0.3) is 0 Å². The molecule has 80 valence electrons. The number of aromatic nitrogens is 1. The molecule has 1 aromatic heterocycles. The van der Waals surface area contributed by atoms with E-state index in [1.54, 1.807) is 12.3 Å². The number of rotatable bonds is 2. The van der Waals surface area contributed by atoms with Crippen molar-refractivity contribution >= 4 is 5.97 Å². The maximum atomic E-state index is 10.7. The first kappa shape index (κ1) is 10.1. The second-order valence-corrected chi connectivity index (χ2v) is 4.14. The maximum Gasteiger partial charge on any atom is 0.354 e. The van der Waals surface area contributed by atoms with Crippen LogP contribution < -0.4 is 0 Å². The minimum atomic E-state index is -0.958. The average molecular weight is 206 g/mol. The van der Waals surface area contributed by atoms with Gasteiger partial charge in [-0.1, -0.05) is 0 Å². The number of hydrogen-bond acceptors (Lipinski definition) is 3. The molecule has 1 aliphatic heterocycles. The van der Waals surface area contributed by atoms with Crippen LogP contribution in [-0.4, -0.2) is 27.0 Å². The average Bonchev–Trinajstić information content (AvgIpc) is 2.59. The van der Waals surface area contributed by atoms with Crippen molar-refractivity contribution in [1.29, 1.82) is 0 Å². The number of carboxylic acid groups (broad SMARTS) is 1. The van der Waals surface area contributed by atoms with Crippen LogP contribution in [0, 0.1) is 0 Å². The summed E-state index contributed by atoms with van der Waals surface area (Å²) in [6.07, 6.45) is 1.68. The Bertz CT molecular complexity index is 402. The predicted molar refractivity (Wildman–Crippen MR) is 55.6 cm³/mol. The largest absolute Gasteiger partial charge is 0.477 e. The Balaban J connectivity index is 2.27. The van der Waals surface area contributed by atoms with E-state index in [1.165, 1.54) is 0 Å². The van der Waals surface area contributed by atoms with E-state index in [0.717, 1.165) is 24.2 Å². The fraction of sp³-hybridized carbons (Fsp3) is 0.455.